The van der Waals surface area contributed by atoms with Gasteiger partial charge in [-0.25, -0.2) is 8.42 Å². The van der Waals surface area contributed by atoms with Crippen molar-refractivity contribution in [1.82, 2.24) is 0 Å². The zero-order valence-corrected chi connectivity index (χ0v) is 18.1. The van der Waals surface area contributed by atoms with Crippen LogP contribution in [-0.4, -0.2) is 28.0 Å². The van der Waals surface area contributed by atoms with Crippen molar-refractivity contribution >= 4 is 27.3 Å². The summed E-state index contributed by atoms with van der Waals surface area (Å²) in [7, 11) is -2.27. The van der Waals surface area contributed by atoms with E-state index in [4.69, 9.17) is 9.47 Å². The highest BCUT2D eigenvalue weighted by Crippen LogP contribution is 2.21. The Morgan fingerprint density at radius 1 is 0.903 bits per heavy atom. The molecule has 0 atom stereocenters. The molecule has 0 heterocycles. The van der Waals surface area contributed by atoms with Crippen LogP contribution in [0.2, 0.25) is 0 Å². The van der Waals surface area contributed by atoms with E-state index in [1.165, 1.54) is 36.9 Å². The minimum Gasteiger partial charge on any atom is -0.497 e. The lowest BCUT2D eigenvalue weighted by atomic mass is 10.2. The van der Waals surface area contributed by atoms with Crippen molar-refractivity contribution < 1.29 is 22.7 Å². The lowest BCUT2D eigenvalue weighted by molar-refractivity contribution is -0.118. The van der Waals surface area contributed by atoms with E-state index in [-0.39, 0.29) is 17.4 Å². The van der Waals surface area contributed by atoms with Crippen molar-refractivity contribution in [2.45, 2.75) is 18.2 Å². The molecule has 0 aromatic heterocycles. The zero-order valence-electron chi connectivity index (χ0n) is 17.3. The first-order valence-corrected chi connectivity index (χ1v) is 11.2. The molecular weight excluding hydrogens is 416 g/mol. The molecule has 2 N–H and O–H groups in total. The van der Waals surface area contributed by atoms with Crippen molar-refractivity contribution in [1.29, 1.82) is 0 Å². The molecule has 7 nitrogen and oxygen atoms in total. The smallest absolute Gasteiger partial charge is 0.262 e. The maximum atomic E-state index is 12.6. The molecule has 0 fully saturated rings. The van der Waals surface area contributed by atoms with Gasteiger partial charge >= 0.3 is 0 Å². The average Bonchev–Trinajstić information content (AvgIpc) is 2.78. The average molecular weight is 441 g/mol. The highest BCUT2D eigenvalue weighted by atomic mass is 32.2. The summed E-state index contributed by atoms with van der Waals surface area (Å²) in [6, 6.07) is 20.0. The van der Waals surface area contributed by atoms with Crippen LogP contribution in [0.15, 0.2) is 77.7 Å². The van der Waals surface area contributed by atoms with E-state index in [9.17, 15) is 13.2 Å². The van der Waals surface area contributed by atoms with Crippen molar-refractivity contribution in [3.63, 3.8) is 0 Å². The molecule has 0 bridgehead atoms. The van der Waals surface area contributed by atoms with Gasteiger partial charge in [0.1, 0.15) is 11.5 Å². The Hall–Kier alpha value is -3.52. The minimum absolute atomic E-state index is 0.0700. The largest absolute Gasteiger partial charge is 0.497 e. The number of rotatable bonds is 9. The van der Waals surface area contributed by atoms with Crippen molar-refractivity contribution in [3.8, 4) is 11.5 Å². The normalized spacial score (nSPS) is 10.9. The second-order valence-electron chi connectivity index (χ2n) is 6.70. The van der Waals surface area contributed by atoms with Gasteiger partial charge in [-0.15, -0.1) is 0 Å². The SMILES string of the molecule is CCc1ccc(OCC(=O)Nc2ccc(S(=O)(=O)Nc3cccc(OC)c3)cc2)cc1. The second-order valence-corrected chi connectivity index (χ2v) is 8.38. The first-order valence-electron chi connectivity index (χ1n) is 9.68. The topological polar surface area (TPSA) is 93.7 Å². The third-order valence-electron chi connectivity index (χ3n) is 4.47. The summed E-state index contributed by atoms with van der Waals surface area (Å²) < 4.78 is 38.2. The monoisotopic (exact) mass is 440 g/mol. The number of hydrogen-bond acceptors (Lipinski definition) is 5. The number of amides is 1. The number of methoxy groups -OCH3 is 1. The van der Waals surface area contributed by atoms with Gasteiger partial charge in [0, 0.05) is 11.8 Å². The standard InChI is InChI=1S/C23H24N2O5S/c1-3-17-7-11-20(12-8-17)30-16-23(26)24-18-9-13-22(14-10-18)31(27,28)25-19-5-4-6-21(15-19)29-2/h4-15,25H,3,16H2,1-2H3,(H,24,26). The van der Waals surface area contributed by atoms with Gasteiger partial charge in [0.05, 0.1) is 17.7 Å². The molecule has 0 unspecified atom stereocenters. The van der Waals surface area contributed by atoms with Crippen LogP contribution in [0.3, 0.4) is 0 Å². The van der Waals surface area contributed by atoms with Gasteiger partial charge in [-0.1, -0.05) is 25.1 Å². The number of aryl methyl sites for hydroxylation is 1. The van der Waals surface area contributed by atoms with Crippen molar-refractivity contribution in [2.24, 2.45) is 0 Å². The van der Waals surface area contributed by atoms with Crippen molar-refractivity contribution in [2.75, 3.05) is 23.8 Å². The lowest BCUT2D eigenvalue weighted by Gasteiger charge is -2.11. The Labute approximate surface area is 182 Å². The molecule has 8 heteroatoms. The highest BCUT2D eigenvalue weighted by Gasteiger charge is 2.15. The highest BCUT2D eigenvalue weighted by molar-refractivity contribution is 7.92. The fourth-order valence-corrected chi connectivity index (χ4v) is 3.83. The fraction of sp³-hybridized carbons (Fsp3) is 0.174. The van der Waals surface area contributed by atoms with Crippen LogP contribution < -0.4 is 19.5 Å². The molecule has 1 amide bonds. The van der Waals surface area contributed by atoms with Crippen LogP contribution in [0.25, 0.3) is 0 Å². The van der Waals surface area contributed by atoms with E-state index >= 15 is 0 Å². The molecule has 0 saturated carbocycles. The lowest BCUT2D eigenvalue weighted by Crippen LogP contribution is -2.20. The Kier molecular flexibility index (Phi) is 7.15. The maximum Gasteiger partial charge on any atom is 0.262 e. The number of sulfonamides is 1. The second kappa shape index (κ2) is 9.99. The summed E-state index contributed by atoms with van der Waals surface area (Å²) in [5.41, 5.74) is 2.05. The summed E-state index contributed by atoms with van der Waals surface area (Å²) >= 11 is 0. The van der Waals surface area contributed by atoms with E-state index in [0.29, 0.717) is 22.9 Å². The maximum absolute atomic E-state index is 12.6. The molecular formula is C23H24N2O5S. The first kappa shape index (κ1) is 22.2. The van der Waals surface area contributed by atoms with Crippen LogP contribution in [0, 0.1) is 0 Å². The van der Waals surface area contributed by atoms with Crippen LogP contribution >= 0.6 is 0 Å². The van der Waals surface area contributed by atoms with Gasteiger partial charge < -0.3 is 14.8 Å². The summed E-state index contributed by atoms with van der Waals surface area (Å²) in [5, 5.41) is 2.68. The van der Waals surface area contributed by atoms with Crippen LogP contribution in [-0.2, 0) is 21.2 Å². The molecule has 31 heavy (non-hydrogen) atoms. The minimum atomic E-state index is -3.78. The van der Waals surface area contributed by atoms with E-state index in [1.54, 1.807) is 24.3 Å². The summed E-state index contributed by atoms with van der Waals surface area (Å²) in [6.07, 6.45) is 0.932. The quantitative estimate of drug-likeness (QED) is 0.523. The Morgan fingerprint density at radius 2 is 1.61 bits per heavy atom. The molecule has 3 rings (SSSR count). The third kappa shape index (κ3) is 6.23. The number of nitrogens with one attached hydrogen (secondary N) is 2. The molecule has 0 radical (unpaired) electrons. The summed E-state index contributed by atoms with van der Waals surface area (Å²) in [5.74, 6) is 0.809. The predicted molar refractivity (Wildman–Crippen MR) is 120 cm³/mol. The molecule has 3 aromatic carbocycles. The van der Waals surface area contributed by atoms with E-state index in [1.807, 2.05) is 24.3 Å². The summed E-state index contributed by atoms with van der Waals surface area (Å²) in [6.45, 7) is 1.91. The molecule has 0 aliphatic rings. The fourth-order valence-electron chi connectivity index (χ4n) is 2.79. The van der Waals surface area contributed by atoms with Gasteiger partial charge in [0.25, 0.3) is 15.9 Å². The molecule has 162 valence electrons. The van der Waals surface area contributed by atoms with E-state index in [0.717, 1.165) is 6.42 Å². The number of carbonyl (C=O) groups is 1. The van der Waals surface area contributed by atoms with Gasteiger partial charge in [-0.3, -0.25) is 9.52 Å². The predicted octanol–water partition coefficient (Wildman–Crippen LogP) is 4.08. The molecule has 0 aliphatic carbocycles. The van der Waals surface area contributed by atoms with Gasteiger partial charge in [-0.2, -0.15) is 0 Å². The molecule has 0 saturated heterocycles. The number of carbonyl (C=O) groups excluding carboxylic acids is 1. The zero-order chi connectivity index (χ0) is 22.3. The van der Waals surface area contributed by atoms with E-state index in [2.05, 4.69) is 17.0 Å². The van der Waals surface area contributed by atoms with Crippen LogP contribution in [0.1, 0.15) is 12.5 Å². The molecule has 0 aliphatic heterocycles. The van der Waals surface area contributed by atoms with E-state index < -0.39 is 10.0 Å². The number of anilines is 2. The number of ether oxygens (including phenoxy) is 2. The molecule has 3 aromatic rings. The van der Waals surface area contributed by atoms with Gasteiger partial charge in [0.2, 0.25) is 0 Å². The van der Waals surface area contributed by atoms with Gasteiger partial charge in [0.15, 0.2) is 6.61 Å². The van der Waals surface area contributed by atoms with Crippen LogP contribution in [0.5, 0.6) is 11.5 Å². The van der Waals surface area contributed by atoms with Crippen LogP contribution in [0.4, 0.5) is 11.4 Å². The summed E-state index contributed by atoms with van der Waals surface area (Å²) in [4.78, 5) is 12.2. The number of hydrogen-bond donors (Lipinski definition) is 2. The number of benzene rings is 3. The third-order valence-corrected chi connectivity index (χ3v) is 5.87. The Balaban J connectivity index is 1.57. The Morgan fingerprint density at radius 3 is 2.26 bits per heavy atom. The Bertz CT molecular complexity index is 1130. The first-order chi connectivity index (χ1) is 14.9. The van der Waals surface area contributed by atoms with Crippen molar-refractivity contribution in [3.05, 3.63) is 78.4 Å². The molecule has 0 spiro atoms. The van der Waals surface area contributed by atoms with Gasteiger partial charge in [-0.05, 0) is 60.5 Å².